The van der Waals surface area contributed by atoms with Gasteiger partial charge >= 0.3 is 0 Å². The van der Waals surface area contributed by atoms with E-state index < -0.39 is 0 Å². The van der Waals surface area contributed by atoms with Crippen molar-refractivity contribution in [2.75, 3.05) is 23.9 Å². The van der Waals surface area contributed by atoms with Crippen LogP contribution in [0, 0.1) is 0 Å². The SMILES string of the molecule is CNc1cc(Sc2ccc(NC(C)=O)cc2)nc(SC)n1. The quantitative estimate of drug-likeness (QED) is 0.500. The van der Waals surface area contributed by atoms with E-state index in [0.717, 1.165) is 26.6 Å². The summed E-state index contributed by atoms with van der Waals surface area (Å²) in [6.07, 6.45) is 1.95. The average molecular weight is 320 g/mol. The first kappa shape index (κ1) is 15.7. The van der Waals surface area contributed by atoms with Gasteiger partial charge in [-0.05, 0) is 30.5 Å². The molecule has 1 aromatic carbocycles. The summed E-state index contributed by atoms with van der Waals surface area (Å²) >= 11 is 3.07. The molecule has 2 N–H and O–H groups in total. The van der Waals surface area contributed by atoms with Gasteiger partial charge in [0.25, 0.3) is 0 Å². The molecule has 21 heavy (non-hydrogen) atoms. The summed E-state index contributed by atoms with van der Waals surface area (Å²) < 4.78 is 0. The van der Waals surface area contributed by atoms with Crippen molar-refractivity contribution < 1.29 is 4.79 Å². The van der Waals surface area contributed by atoms with E-state index in [1.54, 1.807) is 11.8 Å². The Labute approximate surface area is 132 Å². The van der Waals surface area contributed by atoms with Gasteiger partial charge in [-0.2, -0.15) is 0 Å². The molecule has 0 unspecified atom stereocenters. The second-order valence-electron chi connectivity index (χ2n) is 4.14. The molecule has 0 aliphatic rings. The molecule has 1 aromatic heterocycles. The molecule has 0 fully saturated rings. The zero-order chi connectivity index (χ0) is 15.2. The van der Waals surface area contributed by atoms with Gasteiger partial charge in [-0.3, -0.25) is 4.79 Å². The Bertz CT molecular complexity index is 609. The number of carbonyl (C=O) groups excluding carboxylic acids is 1. The lowest BCUT2D eigenvalue weighted by molar-refractivity contribution is -0.114. The molecule has 0 aliphatic carbocycles. The van der Waals surface area contributed by atoms with Crippen molar-refractivity contribution >= 4 is 40.9 Å². The van der Waals surface area contributed by atoms with Gasteiger partial charge in [-0.15, -0.1) is 0 Å². The molecule has 0 atom stereocenters. The highest BCUT2D eigenvalue weighted by atomic mass is 32.2. The van der Waals surface area contributed by atoms with Gasteiger partial charge in [0.2, 0.25) is 5.91 Å². The van der Waals surface area contributed by atoms with Crippen LogP contribution in [0.5, 0.6) is 0 Å². The van der Waals surface area contributed by atoms with E-state index in [0.29, 0.717) is 0 Å². The summed E-state index contributed by atoms with van der Waals surface area (Å²) in [4.78, 5) is 20.9. The normalized spacial score (nSPS) is 10.2. The molecule has 0 saturated carbocycles. The maximum Gasteiger partial charge on any atom is 0.221 e. The van der Waals surface area contributed by atoms with Crippen molar-refractivity contribution in [3.8, 4) is 0 Å². The van der Waals surface area contributed by atoms with E-state index >= 15 is 0 Å². The fourth-order valence-corrected chi connectivity index (χ4v) is 2.86. The van der Waals surface area contributed by atoms with E-state index in [4.69, 9.17) is 0 Å². The molecule has 5 nitrogen and oxygen atoms in total. The van der Waals surface area contributed by atoms with Gasteiger partial charge in [-0.25, -0.2) is 9.97 Å². The van der Waals surface area contributed by atoms with E-state index in [1.165, 1.54) is 18.7 Å². The van der Waals surface area contributed by atoms with Crippen LogP contribution in [-0.2, 0) is 4.79 Å². The molecule has 0 aliphatic heterocycles. The molecule has 0 radical (unpaired) electrons. The zero-order valence-electron chi connectivity index (χ0n) is 12.0. The van der Waals surface area contributed by atoms with Crippen LogP contribution in [0.1, 0.15) is 6.92 Å². The summed E-state index contributed by atoms with van der Waals surface area (Å²) in [5, 5.41) is 7.39. The largest absolute Gasteiger partial charge is 0.373 e. The highest BCUT2D eigenvalue weighted by Gasteiger charge is 2.05. The maximum absolute atomic E-state index is 11.0. The highest BCUT2D eigenvalue weighted by Crippen LogP contribution is 2.29. The third-order valence-electron chi connectivity index (χ3n) is 2.52. The van der Waals surface area contributed by atoms with Gasteiger partial charge in [0.15, 0.2) is 5.16 Å². The van der Waals surface area contributed by atoms with E-state index in [-0.39, 0.29) is 5.91 Å². The summed E-state index contributed by atoms with van der Waals surface area (Å²) in [6, 6.07) is 9.57. The topological polar surface area (TPSA) is 66.9 Å². The van der Waals surface area contributed by atoms with Crippen molar-refractivity contribution in [3.63, 3.8) is 0 Å². The monoisotopic (exact) mass is 320 g/mol. The summed E-state index contributed by atoms with van der Waals surface area (Å²) in [5.41, 5.74) is 0.787. The highest BCUT2D eigenvalue weighted by molar-refractivity contribution is 7.99. The Morgan fingerprint density at radius 3 is 2.48 bits per heavy atom. The number of amides is 1. The predicted molar refractivity (Wildman–Crippen MR) is 88.2 cm³/mol. The Morgan fingerprint density at radius 1 is 1.19 bits per heavy atom. The van der Waals surface area contributed by atoms with Gasteiger partial charge in [0, 0.05) is 30.6 Å². The smallest absolute Gasteiger partial charge is 0.221 e. The molecule has 1 amide bonds. The van der Waals surface area contributed by atoms with Crippen molar-refractivity contribution in [3.05, 3.63) is 30.3 Å². The van der Waals surface area contributed by atoms with Crippen LogP contribution in [0.25, 0.3) is 0 Å². The summed E-state index contributed by atoms with van der Waals surface area (Å²) in [6.45, 7) is 1.49. The number of hydrogen-bond donors (Lipinski definition) is 2. The second kappa shape index (κ2) is 7.33. The minimum Gasteiger partial charge on any atom is -0.373 e. The van der Waals surface area contributed by atoms with Crippen LogP contribution in [0.2, 0.25) is 0 Å². The standard InChI is InChI=1S/C14H16N4OS2/c1-9(19)16-10-4-6-11(7-5-10)21-13-8-12(15-2)17-14(18-13)20-3/h4-8H,1-3H3,(H,16,19)(H,15,17,18). The van der Waals surface area contributed by atoms with Gasteiger partial charge < -0.3 is 10.6 Å². The lowest BCUT2D eigenvalue weighted by atomic mass is 10.3. The molecule has 0 saturated heterocycles. The van der Waals surface area contributed by atoms with E-state index in [1.807, 2.05) is 43.6 Å². The Balaban J connectivity index is 2.15. The maximum atomic E-state index is 11.0. The van der Waals surface area contributed by atoms with Crippen LogP contribution in [0.3, 0.4) is 0 Å². The van der Waals surface area contributed by atoms with Crippen molar-refractivity contribution in [2.45, 2.75) is 22.0 Å². The van der Waals surface area contributed by atoms with Crippen LogP contribution < -0.4 is 10.6 Å². The lowest BCUT2D eigenvalue weighted by Gasteiger charge is -2.07. The number of carbonyl (C=O) groups is 1. The molecular formula is C14H16N4OS2. The molecule has 0 bridgehead atoms. The third-order valence-corrected chi connectivity index (χ3v) is 3.99. The Hall–Kier alpha value is -1.73. The molecule has 110 valence electrons. The van der Waals surface area contributed by atoms with Gasteiger partial charge in [0.1, 0.15) is 10.8 Å². The van der Waals surface area contributed by atoms with Gasteiger partial charge in [0.05, 0.1) is 0 Å². The number of anilines is 2. The molecule has 0 spiro atoms. The number of aromatic nitrogens is 2. The number of benzene rings is 1. The minimum absolute atomic E-state index is 0.0746. The first-order chi connectivity index (χ1) is 10.1. The fraction of sp³-hybridized carbons (Fsp3) is 0.214. The lowest BCUT2D eigenvalue weighted by Crippen LogP contribution is -2.05. The number of rotatable bonds is 5. The number of nitrogens with one attached hydrogen (secondary N) is 2. The van der Waals surface area contributed by atoms with E-state index in [2.05, 4.69) is 20.6 Å². The summed E-state index contributed by atoms with van der Waals surface area (Å²) in [7, 11) is 1.84. The van der Waals surface area contributed by atoms with Crippen LogP contribution >= 0.6 is 23.5 Å². The van der Waals surface area contributed by atoms with Crippen LogP contribution in [0.15, 0.2) is 45.4 Å². The average Bonchev–Trinajstić information content (AvgIpc) is 2.48. The van der Waals surface area contributed by atoms with Crippen molar-refractivity contribution in [1.29, 1.82) is 0 Å². The first-order valence-corrected chi connectivity index (χ1v) is 8.31. The Morgan fingerprint density at radius 2 is 1.90 bits per heavy atom. The molecular weight excluding hydrogens is 304 g/mol. The minimum atomic E-state index is -0.0746. The molecule has 2 rings (SSSR count). The molecule has 1 heterocycles. The number of hydrogen-bond acceptors (Lipinski definition) is 6. The number of nitrogens with zero attached hydrogens (tertiary/aromatic N) is 2. The predicted octanol–water partition coefficient (Wildman–Crippen LogP) is 3.35. The zero-order valence-corrected chi connectivity index (χ0v) is 13.6. The van der Waals surface area contributed by atoms with Gasteiger partial charge in [-0.1, -0.05) is 23.5 Å². The molecule has 2 aromatic rings. The first-order valence-electron chi connectivity index (χ1n) is 6.27. The Kier molecular flexibility index (Phi) is 5.46. The van der Waals surface area contributed by atoms with E-state index in [9.17, 15) is 4.79 Å². The number of thioether (sulfide) groups is 1. The second-order valence-corrected chi connectivity index (χ2v) is 6.00. The van der Waals surface area contributed by atoms with Crippen molar-refractivity contribution in [2.24, 2.45) is 0 Å². The fourth-order valence-electron chi connectivity index (χ4n) is 1.61. The van der Waals surface area contributed by atoms with Crippen LogP contribution in [-0.4, -0.2) is 29.2 Å². The van der Waals surface area contributed by atoms with Crippen molar-refractivity contribution in [1.82, 2.24) is 9.97 Å². The van der Waals surface area contributed by atoms with Crippen LogP contribution in [0.4, 0.5) is 11.5 Å². The summed E-state index contributed by atoms with van der Waals surface area (Å²) in [5.74, 6) is 0.723. The molecule has 7 heteroatoms. The third kappa shape index (κ3) is 4.64.